The topological polar surface area (TPSA) is 33.6 Å². The second-order valence-corrected chi connectivity index (χ2v) is 19.4. The quantitative estimate of drug-likeness (QED) is 0.157. The molecular formula is C67H41N3S. The van der Waals surface area contributed by atoms with Gasteiger partial charge in [0, 0.05) is 52.8 Å². The largest absolute Gasteiger partial charge is 0.307 e. The summed E-state index contributed by atoms with van der Waals surface area (Å²) in [5.74, 6) is 0. The average molecular weight is 920 g/mol. The summed E-state index contributed by atoms with van der Waals surface area (Å²) in [5.41, 5.74) is 18.0. The van der Waals surface area contributed by atoms with Gasteiger partial charge in [-0.25, -0.2) is 0 Å². The maximum Gasteiger partial charge on any atom is 0.0999 e. The van der Waals surface area contributed by atoms with E-state index in [2.05, 4.69) is 264 Å². The molecule has 3 aromatic heterocycles. The zero-order valence-corrected chi connectivity index (χ0v) is 39.2. The molecule has 11 aromatic carbocycles. The smallest absolute Gasteiger partial charge is 0.0999 e. The van der Waals surface area contributed by atoms with Gasteiger partial charge in [-0.3, -0.25) is 0 Å². The van der Waals surface area contributed by atoms with Crippen molar-refractivity contribution < 1.29 is 0 Å². The highest BCUT2D eigenvalue weighted by atomic mass is 32.1. The molecule has 3 nitrogen and oxygen atoms in total. The number of hydrogen-bond acceptors (Lipinski definition) is 2. The van der Waals surface area contributed by atoms with Gasteiger partial charge in [0.05, 0.1) is 45.1 Å². The standard InChI is InChI=1S/C67H41N3S/c68-42-51-40-64(69-60-32-28-47(43-16-5-1-6-17-43)36-56(60)57-37-48(29-33-61(57)69)44-18-7-2-8-19-44)65(41-55(51)54-26-15-25-53-52-24-13-14-27-66(52)71-67(53)54)70-62-34-30-49(45-20-9-3-10-21-45)38-58(62)59-39-50(31-35-63(59)70)46-22-11-4-12-23-46/h1-41H. The highest BCUT2D eigenvalue weighted by Crippen LogP contribution is 2.46. The molecule has 0 saturated heterocycles. The molecule has 0 amide bonds. The van der Waals surface area contributed by atoms with Crippen LogP contribution < -0.4 is 0 Å². The van der Waals surface area contributed by atoms with Gasteiger partial charge in [0.1, 0.15) is 0 Å². The SMILES string of the molecule is N#Cc1cc(-n2c3ccc(-c4ccccc4)cc3c3cc(-c4ccccc4)ccc32)c(-n2c3ccc(-c4ccccc4)cc3c3cc(-c4ccccc4)ccc32)cc1-c1cccc2c1sc1ccccc12. The summed E-state index contributed by atoms with van der Waals surface area (Å²) in [7, 11) is 0. The lowest BCUT2D eigenvalue weighted by Gasteiger charge is -2.20. The van der Waals surface area contributed by atoms with Crippen LogP contribution in [-0.2, 0) is 0 Å². The molecule has 71 heavy (non-hydrogen) atoms. The number of nitriles is 1. The number of aromatic nitrogens is 2. The molecule has 0 atom stereocenters. The minimum absolute atomic E-state index is 0.615. The lowest BCUT2D eigenvalue weighted by atomic mass is 9.96. The molecular weight excluding hydrogens is 879 g/mol. The Morgan fingerprint density at radius 3 is 1.10 bits per heavy atom. The summed E-state index contributed by atoms with van der Waals surface area (Å²) in [4.78, 5) is 0. The number of thiophene rings is 1. The normalized spacial score (nSPS) is 11.6. The minimum Gasteiger partial charge on any atom is -0.307 e. The summed E-state index contributed by atoms with van der Waals surface area (Å²) >= 11 is 1.79. The Hall–Kier alpha value is -9.27. The fraction of sp³-hybridized carbons (Fsp3) is 0. The Balaban J connectivity index is 1.12. The molecule has 330 valence electrons. The monoisotopic (exact) mass is 919 g/mol. The van der Waals surface area contributed by atoms with E-state index in [1.807, 2.05) is 0 Å². The van der Waals surface area contributed by atoms with E-state index in [1.165, 1.54) is 31.3 Å². The van der Waals surface area contributed by atoms with Crippen LogP contribution in [0.15, 0.2) is 249 Å². The molecule has 0 saturated carbocycles. The van der Waals surface area contributed by atoms with Crippen LogP contribution in [0.4, 0.5) is 0 Å². The molecule has 14 aromatic rings. The summed E-state index contributed by atoms with van der Waals surface area (Å²) in [6.45, 7) is 0. The summed E-state index contributed by atoms with van der Waals surface area (Å²) in [6, 6.07) is 92.4. The molecule has 0 spiro atoms. The fourth-order valence-electron chi connectivity index (χ4n) is 11.0. The molecule has 0 aliphatic rings. The van der Waals surface area contributed by atoms with Gasteiger partial charge in [-0.05, 0) is 111 Å². The Kier molecular flexibility index (Phi) is 9.45. The molecule has 3 heterocycles. The van der Waals surface area contributed by atoms with Crippen molar-refractivity contribution in [1.29, 1.82) is 5.26 Å². The minimum atomic E-state index is 0.615. The van der Waals surface area contributed by atoms with Gasteiger partial charge in [0.15, 0.2) is 0 Å². The molecule has 0 aliphatic heterocycles. The van der Waals surface area contributed by atoms with Gasteiger partial charge < -0.3 is 9.13 Å². The Morgan fingerprint density at radius 1 is 0.296 bits per heavy atom. The fourth-order valence-corrected chi connectivity index (χ4v) is 12.2. The van der Waals surface area contributed by atoms with E-state index in [4.69, 9.17) is 0 Å². The number of rotatable bonds is 7. The molecule has 0 fully saturated rings. The predicted octanol–water partition coefficient (Wildman–Crippen LogP) is 18.5. The lowest BCUT2D eigenvalue weighted by molar-refractivity contribution is 1.09. The van der Waals surface area contributed by atoms with Gasteiger partial charge in [0.25, 0.3) is 0 Å². The molecule has 14 rings (SSSR count). The zero-order chi connectivity index (χ0) is 47.0. The van der Waals surface area contributed by atoms with Crippen LogP contribution in [0, 0.1) is 11.3 Å². The first-order chi connectivity index (χ1) is 35.2. The van der Waals surface area contributed by atoms with E-state index < -0.39 is 0 Å². The van der Waals surface area contributed by atoms with Crippen molar-refractivity contribution in [1.82, 2.24) is 9.13 Å². The van der Waals surface area contributed by atoms with Gasteiger partial charge in [-0.2, -0.15) is 5.26 Å². The van der Waals surface area contributed by atoms with Crippen LogP contribution in [0.2, 0.25) is 0 Å². The third-order valence-corrected chi connectivity index (χ3v) is 15.6. The zero-order valence-electron chi connectivity index (χ0n) is 38.4. The van der Waals surface area contributed by atoms with Crippen molar-refractivity contribution in [3.63, 3.8) is 0 Å². The third-order valence-electron chi connectivity index (χ3n) is 14.4. The lowest BCUT2D eigenvalue weighted by Crippen LogP contribution is -2.05. The van der Waals surface area contributed by atoms with Crippen LogP contribution in [0.5, 0.6) is 0 Å². The van der Waals surface area contributed by atoms with Crippen molar-refractivity contribution in [2.45, 2.75) is 0 Å². The number of hydrogen-bond donors (Lipinski definition) is 0. The molecule has 0 unspecified atom stereocenters. The molecule has 0 bridgehead atoms. The van der Waals surface area contributed by atoms with Crippen molar-refractivity contribution >= 4 is 75.1 Å². The molecule has 0 radical (unpaired) electrons. The summed E-state index contributed by atoms with van der Waals surface area (Å²) in [5, 5.41) is 18.5. The number of fused-ring (bicyclic) bond motifs is 9. The van der Waals surface area contributed by atoms with Gasteiger partial charge in [0.2, 0.25) is 0 Å². The maximum atomic E-state index is 11.4. The van der Waals surface area contributed by atoms with Crippen molar-refractivity contribution in [2.24, 2.45) is 0 Å². The third kappa shape index (κ3) is 6.63. The van der Waals surface area contributed by atoms with E-state index in [9.17, 15) is 5.26 Å². The van der Waals surface area contributed by atoms with Crippen molar-refractivity contribution in [3.05, 3.63) is 254 Å². The molecule has 0 N–H and O–H groups in total. The van der Waals surface area contributed by atoms with Gasteiger partial charge in [-0.15, -0.1) is 11.3 Å². The van der Waals surface area contributed by atoms with Crippen LogP contribution in [0.1, 0.15) is 5.56 Å². The van der Waals surface area contributed by atoms with Gasteiger partial charge in [-0.1, -0.05) is 182 Å². The first-order valence-corrected chi connectivity index (χ1v) is 24.9. The van der Waals surface area contributed by atoms with E-state index >= 15 is 0 Å². The summed E-state index contributed by atoms with van der Waals surface area (Å²) < 4.78 is 7.26. The Morgan fingerprint density at radius 2 is 0.676 bits per heavy atom. The Labute approximate surface area is 414 Å². The second kappa shape index (κ2) is 16.5. The highest BCUT2D eigenvalue weighted by molar-refractivity contribution is 7.26. The van der Waals surface area contributed by atoms with Crippen LogP contribution in [0.3, 0.4) is 0 Å². The maximum absolute atomic E-state index is 11.4. The first kappa shape index (κ1) is 40.8. The summed E-state index contributed by atoms with van der Waals surface area (Å²) in [6.07, 6.45) is 0. The van der Waals surface area contributed by atoms with E-state index in [0.29, 0.717) is 5.56 Å². The molecule has 4 heteroatoms. The second-order valence-electron chi connectivity index (χ2n) is 18.3. The Bertz CT molecular complexity index is 4250. The van der Waals surface area contributed by atoms with Crippen LogP contribution in [-0.4, -0.2) is 9.13 Å². The first-order valence-electron chi connectivity index (χ1n) is 24.0. The number of nitrogens with zero attached hydrogens (tertiary/aromatic N) is 3. The van der Waals surface area contributed by atoms with Crippen LogP contribution in [0.25, 0.3) is 131 Å². The number of benzene rings is 11. The van der Waals surface area contributed by atoms with Crippen LogP contribution >= 0.6 is 11.3 Å². The van der Waals surface area contributed by atoms with E-state index in [-0.39, 0.29) is 0 Å². The highest BCUT2D eigenvalue weighted by Gasteiger charge is 2.25. The average Bonchev–Trinajstić information content (AvgIpc) is 4.10. The van der Waals surface area contributed by atoms with E-state index in [0.717, 1.165) is 99.5 Å². The van der Waals surface area contributed by atoms with Crippen molar-refractivity contribution in [3.8, 4) is 73.1 Å². The van der Waals surface area contributed by atoms with Gasteiger partial charge >= 0.3 is 0 Å². The molecule has 0 aliphatic carbocycles. The predicted molar refractivity (Wildman–Crippen MR) is 300 cm³/mol. The van der Waals surface area contributed by atoms with E-state index in [1.54, 1.807) is 11.3 Å². The van der Waals surface area contributed by atoms with Crippen molar-refractivity contribution in [2.75, 3.05) is 0 Å².